The van der Waals surface area contributed by atoms with Crippen LogP contribution in [0.25, 0.3) is 5.69 Å². The molecule has 1 aromatic heterocycles. The average Bonchev–Trinajstić information content (AvgIpc) is 3.47. The topological polar surface area (TPSA) is 67.2 Å². The fourth-order valence-corrected chi connectivity index (χ4v) is 3.92. The van der Waals surface area contributed by atoms with Crippen molar-refractivity contribution in [1.29, 1.82) is 0 Å². The molecule has 1 aliphatic heterocycles. The summed E-state index contributed by atoms with van der Waals surface area (Å²) in [6.07, 6.45) is -1.95. The second-order valence-corrected chi connectivity index (χ2v) is 8.11. The van der Waals surface area contributed by atoms with Crippen LogP contribution in [-0.4, -0.2) is 39.6 Å². The number of benzene rings is 2. The van der Waals surface area contributed by atoms with E-state index >= 15 is 0 Å². The van der Waals surface area contributed by atoms with Crippen LogP contribution in [0.2, 0.25) is 5.02 Å². The highest BCUT2D eigenvalue weighted by atomic mass is 35.5. The van der Waals surface area contributed by atoms with Gasteiger partial charge in [-0.15, -0.1) is 0 Å². The van der Waals surface area contributed by atoms with Gasteiger partial charge in [-0.25, -0.2) is 4.68 Å². The third kappa shape index (κ3) is 5.03. The number of likely N-dealkylation sites (tertiary alicyclic amines) is 1. The van der Waals surface area contributed by atoms with Gasteiger partial charge in [-0.05, 0) is 48.7 Å². The summed E-state index contributed by atoms with van der Waals surface area (Å²) in [5, 5.41) is 6.51. The summed E-state index contributed by atoms with van der Waals surface area (Å²) in [6.45, 7) is 1.47. The molecule has 0 unspecified atom stereocenters. The molecular weight excluding hydrogens is 457 g/mol. The van der Waals surface area contributed by atoms with Gasteiger partial charge in [-0.3, -0.25) is 9.59 Å². The number of hydrogen-bond acceptors (Lipinski definition) is 3. The van der Waals surface area contributed by atoms with Crippen molar-refractivity contribution in [2.45, 2.75) is 25.6 Å². The number of nitrogens with one attached hydrogen (secondary N) is 1. The minimum atomic E-state index is -4.82. The second kappa shape index (κ2) is 9.27. The van der Waals surface area contributed by atoms with Crippen LogP contribution in [0.4, 0.5) is 13.2 Å². The molecule has 0 aliphatic carbocycles. The molecule has 172 valence electrons. The van der Waals surface area contributed by atoms with E-state index in [1.165, 1.54) is 24.3 Å². The predicted octanol–water partition coefficient (Wildman–Crippen LogP) is 4.71. The third-order valence-corrected chi connectivity index (χ3v) is 5.62. The highest BCUT2D eigenvalue weighted by molar-refractivity contribution is 6.30. The number of carbonyl (C=O) groups is 2. The Hall–Kier alpha value is -3.33. The number of amides is 2. The fraction of sp³-hybridized carbons (Fsp3) is 0.261. The molecule has 6 nitrogen and oxygen atoms in total. The highest BCUT2D eigenvalue weighted by Crippen LogP contribution is 2.34. The Kier molecular flexibility index (Phi) is 6.42. The number of aromatic nitrogens is 2. The van der Waals surface area contributed by atoms with E-state index in [1.54, 1.807) is 29.2 Å². The number of nitrogens with zero attached hydrogens (tertiary/aromatic N) is 3. The summed E-state index contributed by atoms with van der Waals surface area (Å²) in [7, 11) is 0. The van der Waals surface area contributed by atoms with Crippen molar-refractivity contribution in [3.63, 3.8) is 0 Å². The number of hydrogen-bond donors (Lipinski definition) is 1. The lowest BCUT2D eigenvalue weighted by atomic mass is 10.1. The summed E-state index contributed by atoms with van der Waals surface area (Å²) < 4.78 is 42.0. The Morgan fingerprint density at radius 2 is 1.76 bits per heavy atom. The monoisotopic (exact) mass is 476 g/mol. The van der Waals surface area contributed by atoms with Crippen molar-refractivity contribution < 1.29 is 22.8 Å². The van der Waals surface area contributed by atoms with E-state index in [0.29, 0.717) is 15.8 Å². The van der Waals surface area contributed by atoms with Crippen LogP contribution in [-0.2, 0) is 12.7 Å². The standard InChI is InChI=1S/C23H20ClF3N4O2/c24-17-4-3-5-18(12-17)31-20(23(25,26)27)19(14-29-31)21(32)28-13-15-6-8-16(9-7-15)22(33)30-10-1-2-11-30/h3-9,12,14H,1-2,10-11,13H2,(H,28,32). The normalized spacial score (nSPS) is 13.9. The molecule has 2 aromatic carbocycles. The molecule has 1 fully saturated rings. The van der Waals surface area contributed by atoms with Gasteiger partial charge in [-0.2, -0.15) is 18.3 Å². The largest absolute Gasteiger partial charge is 0.434 e. The molecule has 0 spiro atoms. The van der Waals surface area contributed by atoms with Crippen LogP contribution < -0.4 is 5.32 Å². The number of halogens is 4. The molecule has 2 heterocycles. The number of carbonyl (C=O) groups excluding carboxylic acids is 2. The molecule has 0 atom stereocenters. The first-order chi connectivity index (χ1) is 15.7. The van der Waals surface area contributed by atoms with Gasteiger partial charge in [0.25, 0.3) is 11.8 Å². The van der Waals surface area contributed by atoms with Crippen LogP contribution in [0.3, 0.4) is 0 Å². The van der Waals surface area contributed by atoms with Crippen molar-refractivity contribution in [3.8, 4) is 5.69 Å². The van der Waals surface area contributed by atoms with E-state index in [4.69, 9.17) is 11.6 Å². The third-order valence-electron chi connectivity index (χ3n) is 5.38. The molecule has 3 aromatic rings. The molecule has 0 saturated carbocycles. The maximum atomic E-state index is 13.8. The van der Waals surface area contributed by atoms with E-state index in [-0.39, 0.29) is 23.2 Å². The molecule has 2 amide bonds. The summed E-state index contributed by atoms with van der Waals surface area (Å²) in [5.41, 5.74) is -0.504. The Bertz CT molecular complexity index is 1170. The van der Waals surface area contributed by atoms with Crippen molar-refractivity contribution in [3.05, 3.63) is 82.1 Å². The van der Waals surface area contributed by atoms with Gasteiger partial charge in [0, 0.05) is 30.2 Å². The smallest absolute Gasteiger partial charge is 0.348 e. The molecule has 1 aliphatic rings. The van der Waals surface area contributed by atoms with E-state index in [0.717, 1.165) is 32.1 Å². The Balaban J connectivity index is 1.49. The van der Waals surface area contributed by atoms with Crippen LogP contribution in [0.1, 0.15) is 44.8 Å². The van der Waals surface area contributed by atoms with Crippen LogP contribution in [0.5, 0.6) is 0 Å². The predicted molar refractivity (Wildman–Crippen MR) is 116 cm³/mol. The van der Waals surface area contributed by atoms with Crippen molar-refractivity contribution >= 4 is 23.4 Å². The van der Waals surface area contributed by atoms with Crippen molar-refractivity contribution in [2.75, 3.05) is 13.1 Å². The first-order valence-corrected chi connectivity index (χ1v) is 10.7. The Morgan fingerprint density at radius 3 is 2.39 bits per heavy atom. The quantitative estimate of drug-likeness (QED) is 0.580. The fourth-order valence-electron chi connectivity index (χ4n) is 3.74. The number of alkyl halides is 3. The van der Waals surface area contributed by atoms with Gasteiger partial charge < -0.3 is 10.2 Å². The molecule has 1 N–H and O–H groups in total. The van der Waals surface area contributed by atoms with Crippen molar-refractivity contribution in [1.82, 2.24) is 20.0 Å². The zero-order chi connectivity index (χ0) is 23.6. The highest BCUT2D eigenvalue weighted by Gasteiger charge is 2.40. The first-order valence-electron chi connectivity index (χ1n) is 10.3. The molecule has 0 bridgehead atoms. The van der Waals surface area contributed by atoms with E-state index in [2.05, 4.69) is 10.4 Å². The maximum Gasteiger partial charge on any atom is 0.434 e. The van der Waals surface area contributed by atoms with Gasteiger partial charge in [0.1, 0.15) is 0 Å². The Morgan fingerprint density at radius 1 is 1.06 bits per heavy atom. The van der Waals surface area contributed by atoms with Crippen LogP contribution >= 0.6 is 11.6 Å². The SMILES string of the molecule is O=C(NCc1ccc(C(=O)N2CCCC2)cc1)c1cnn(-c2cccc(Cl)c2)c1C(F)(F)F. The maximum absolute atomic E-state index is 13.8. The lowest BCUT2D eigenvalue weighted by Gasteiger charge is -2.15. The molecule has 1 saturated heterocycles. The second-order valence-electron chi connectivity index (χ2n) is 7.68. The average molecular weight is 477 g/mol. The summed E-state index contributed by atoms with van der Waals surface area (Å²) >= 11 is 5.89. The summed E-state index contributed by atoms with van der Waals surface area (Å²) in [6, 6.07) is 12.4. The van der Waals surface area contributed by atoms with Gasteiger partial charge in [0.2, 0.25) is 0 Å². The number of rotatable bonds is 5. The molecule has 10 heteroatoms. The molecule has 4 rings (SSSR count). The molecular formula is C23H20ClF3N4O2. The summed E-state index contributed by atoms with van der Waals surface area (Å²) in [4.78, 5) is 26.8. The van der Waals surface area contributed by atoms with Crippen LogP contribution in [0.15, 0.2) is 54.7 Å². The first kappa shape index (κ1) is 22.8. The lowest BCUT2D eigenvalue weighted by Crippen LogP contribution is -2.28. The summed E-state index contributed by atoms with van der Waals surface area (Å²) in [5.74, 6) is -0.959. The Labute approximate surface area is 192 Å². The minimum absolute atomic E-state index is 0.00331. The lowest BCUT2D eigenvalue weighted by molar-refractivity contribution is -0.143. The van der Waals surface area contributed by atoms with Gasteiger partial charge in [-0.1, -0.05) is 29.8 Å². The van der Waals surface area contributed by atoms with Gasteiger partial charge in [0.15, 0.2) is 5.69 Å². The van der Waals surface area contributed by atoms with Crippen molar-refractivity contribution in [2.24, 2.45) is 0 Å². The molecule has 33 heavy (non-hydrogen) atoms. The molecule has 0 radical (unpaired) electrons. The van der Waals surface area contributed by atoms with Gasteiger partial charge in [0.05, 0.1) is 17.4 Å². The van der Waals surface area contributed by atoms with E-state index in [9.17, 15) is 22.8 Å². The zero-order valence-corrected chi connectivity index (χ0v) is 18.2. The van der Waals surface area contributed by atoms with Gasteiger partial charge >= 0.3 is 6.18 Å². The van der Waals surface area contributed by atoms with E-state index in [1.807, 2.05) is 0 Å². The van der Waals surface area contributed by atoms with Crippen LogP contribution in [0, 0.1) is 0 Å². The van der Waals surface area contributed by atoms with E-state index < -0.39 is 23.3 Å². The zero-order valence-electron chi connectivity index (χ0n) is 17.4. The minimum Gasteiger partial charge on any atom is -0.348 e.